The number of carbonyl (C=O) groups is 1. The molecule has 3 rings (SSSR count). The zero-order chi connectivity index (χ0) is 14.7. The zero-order valence-electron chi connectivity index (χ0n) is 12.5. The second-order valence-electron chi connectivity index (χ2n) is 6.09. The molecule has 114 valence electrons. The number of aromatic nitrogens is 2. The van der Waals surface area contributed by atoms with Crippen molar-refractivity contribution in [1.29, 1.82) is 0 Å². The average molecular weight is 289 g/mol. The SMILES string of the molecule is CC1CN(CC(=O)NCC2CC2)CCN1c1cnccn1. The Morgan fingerprint density at radius 2 is 2.24 bits per heavy atom. The molecule has 1 saturated carbocycles. The molecule has 1 atom stereocenters. The molecule has 1 unspecified atom stereocenters. The van der Waals surface area contributed by atoms with E-state index in [1.54, 1.807) is 18.6 Å². The summed E-state index contributed by atoms with van der Waals surface area (Å²) in [5, 5.41) is 3.03. The number of anilines is 1. The Kier molecular flexibility index (Phi) is 4.34. The van der Waals surface area contributed by atoms with E-state index in [1.165, 1.54) is 12.8 Å². The number of rotatable bonds is 5. The van der Waals surface area contributed by atoms with Crippen LogP contribution >= 0.6 is 0 Å². The van der Waals surface area contributed by atoms with Crippen molar-refractivity contribution in [2.45, 2.75) is 25.8 Å². The van der Waals surface area contributed by atoms with Crippen molar-refractivity contribution in [3.63, 3.8) is 0 Å². The molecule has 6 nitrogen and oxygen atoms in total. The molecule has 2 aliphatic rings. The highest BCUT2D eigenvalue weighted by Gasteiger charge is 2.26. The lowest BCUT2D eigenvalue weighted by Crippen LogP contribution is -2.54. The van der Waals surface area contributed by atoms with Crippen molar-refractivity contribution >= 4 is 11.7 Å². The smallest absolute Gasteiger partial charge is 0.234 e. The summed E-state index contributed by atoms with van der Waals surface area (Å²) in [7, 11) is 0. The second-order valence-corrected chi connectivity index (χ2v) is 6.09. The van der Waals surface area contributed by atoms with E-state index in [0.29, 0.717) is 12.6 Å². The maximum Gasteiger partial charge on any atom is 0.234 e. The molecule has 2 fully saturated rings. The van der Waals surface area contributed by atoms with Gasteiger partial charge in [-0.25, -0.2) is 4.98 Å². The summed E-state index contributed by atoms with van der Waals surface area (Å²) in [6.07, 6.45) is 7.76. The molecule has 1 aromatic rings. The first-order chi connectivity index (χ1) is 10.2. The zero-order valence-corrected chi connectivity index (χ0v) is 12.5. The fraction of sp³-hybridized carbons (Fsp3) is 0.667. The normalized spacial score (nSPS) is 23.1. The van der Waals surface area contributed by atoms with Crippen LogP contribution in [0.5, 0.6) is 0 Å². The van der Waals surface area contributed by atoms with Gasteiger partial charge >= 0.3 is 0 Å². The Hall–Kier alpha value is -1.69. The second kappa shape index (κ2) is 6.39. The number of hydrogen-bond donors (Lipinski definition) is 1. The summed E-state index contributed by atoms with van der Waals surface area (Å²) in [5.41, 5.74) is 0. The minimum absolute atomic E-state index is 0.155. The topological polar surface area (TPSA) is 61.4 Å². The van der Waals surface area contributed by atoms with Crippen molar-refractivity contribution in [2.24, 2.45) is 5.92 Å². The number of nitrogens with one attached hydrogen (secondary N) is 1. The van der Waals surface area contributed by atoms with Crippen LogP contribution in [-0.4, -0.2) is 59.5 Å². The summed E-state index contributed by atoms with van der Waals surface area (Å²) >= 11 is 0. The maximum atomic E-state index is 11.9. The Bertz CT molecular complexity index is 476. The van der Waals surface area contributed by atoms with E-state index in [4.69, 9.17) is 0 Å². The standard InChI is InChI=1S/C15H23N5O/c1-12-10-19(11-15(21)18-8-13-2-3-13)6-7-20(12)14-9-16-4-5-17-14/h4-5,9,12-13H,2-3,6-8,10-11H2,1H3,(H,18,21). The van der Waals surface area contributed by atoms with Crippen LogP contribution in [-0.2, 0) is 4.79 Å². The molecule has 2 heterocycles. The van der Waals surface area contributed by atoms with Crippen molar-refractivity contribution in [2.75, 3.05) is 37.6 Å². The van der Waals surface area contributed by atoms with Crippen LogP contribution in [0.15, 0.2) is 18.6 Å². The third-order valence-electron chi connectivity index (χ3n) is 4.21. The monoisotopic (exact) mass is 289 g/mol. The molecule has 1 aromatic heterocycles. The predicted octanol–water partition coefficient (Wildman–Crippen LogP) is 0.513. The van der Waals surface area contributed by atoms with Crippen molar-refractivity contribution in [3.05, 3.63) is 18.6 Å². The molecule has 1 amide bonds. The third kappa shape index (κ3) is 3.91. The molecular formula is C15H23N5O. The van der Waals surface area contributed by atoms with Gasteiger partial charge in [0.1, 0.15) is 5.82 Å². The van der Waals surface area contributed by atoms with Gasteiger partial charge in [0.05, 0.1) is 12.7 Å². The first-order valence-electron chi connectivity index (χ1n) is 7.74. The van der Waals surface area contributed by atoms with E-state index in [9.17, 15) is 4.79 Å². The summed E-state index contributed by atoms with van der Waals surface area (Å²) in [4.78, 5) is 24.9. The van der Waals surface area contributed by atoms with Gasteiger partial charge in [-0.05, 0) is 25.7 Å². The maximum absolute atomic E-state index is 11.9. The highest BCUT2D eigenvalue weighted by atomic mass is 16.2. The summed E-state index contributed by atoms with van der Waals surface area (Å²) in [5.74, 6) is 1.81. The van der Waals surface area contributed by atoms with Crippen molar-refractivity contribution < 1.29 is 4.79 Å². The largest absolute Gasteiger partial charge is 0.355 e. The molecule has 0 spiro atoms. The van der Waals surface area contributed by atoms with Crippen LogP contribution in [0, 0.1) is 5.92 Å². The van der Waals surface area contributed by atoms with Crippen molar-refractivity contribution in [1.82, 2.24) is 20.2 Å². The van der Waals surface area contributed by atoms with E-state index < -0.39 is 0 Å². The molecule has 0 bridgehead atoms. The molecule has 1 saturated heterocycles. The predicted molar refractivity (Wildman–Crippen MR) is 81.0 cm³/mol. The van der Waals surface area contributed by atoms with Gasteiger partial charge in [-0.2, -0.15) is 0 Å². The molecule has 1 aliphatic heterocycles. The van der Waals surface area contributed by atoms with Crippen LogP contribution in [0.2, 0.25) is 0 Å². The number of carbonyl (C=O) groups excluding carboxylic acids is 1. The van der Waals surface area contributed by atoms with Crippen LogP contribution in [0.1, 0.15) is 19.8 Å². The van der Waals surface area contributed by atoms with E-state index in [2.05, 4.69) is 32.0 Å². The van der Waals surface area contributed by atoms with Gasteiger partial charge in [0.15, 0.2) is 0 Å². The van der Waals surface area contributed by atoms with Gasteiger partial charge < -0.3 is 10.2 Å². The minimum Gasteiger partial charge on any atom is -0.355 e. The average Bonchev–Trinajstić information content (AvgIpc) is 3.30. The van der Waals surface area contributed by atoms with Crippen LogP contribution in [0.3, 0.4) is 0 Å². The Morgan fingerprint density at radius 1 is 1.38 bits per heavy atom. The molecule has 6 heteroatoms. The molecule has 1 N–H and O–H groups in total. The van der Waals surface area contributed by atoms with Gasteiger partial charge in [-0.1, -0.05) is 0 Å². The van der Waals surface area contributed by atoms with E-state index in [-0.39, 0.29) is 5.91 Å². The fourth-order valence-corrected chi connectivity index (χ4v) is 2.80. The van der Waals surface area contributed by atoms with Crippen LogP contribution in [0.25, 0.3) is 0 Å². The lowest BCUT2D eigenvalue weighted by Gasteiger charge is -2.40. The number of hydrogen-bond acceptors (Lipinski definition) is 5. The number of piperazine rings is 1. The lowest BCUT2D eigenvalue weighted by atomic mass is 10.2. The highest BCUT2D eigenvalue weighted by molar-refractivity contribution is 5.78. The van der Waals surface area contributed by atoms with Crippen molar-refractivity contribution in [3.8, 4) is 0 Å². The van der Waals surface area contributed by atoms with Gasteiger partial charge in [0.25, 0.3) is 0 Å². The van der Waals surface area contributed by atoms with Gasteiger partial charge in [-0.15, -0.1) is 0 Å². The number of amides is 1. The fourth-order valence-electron chi connectivity index (χ4n) is 2.80. The Balaban J connectivity index is 1.47. The minimum atomic E-state index is 0.155. The molecule has 0 aromatic carbocycles. The van der Waals surface area contributed by atoms with Crippen LogP contribution < -0.4 is 10.2 Å². The third-order valence-corrected chi connectivity index (χ3v) is 4.21. The van der Waals surface area contributed by atoms with E-state index in [0.717, 1.165) is 37.9 Å². The van der Waals surface area contributed by atoms with E-state index in [1.807, 2.05) is 0 Å². The highest BCUT2D eigenvalue weighted by Crippen LogP contribution is 2.27. The Labute approximate surface area is 125 Å². The summed E-state index contributed by atoms with van der Waals surface area (Å²) in [6, 6.07) is 0.340. The Morgan fingerprint density at radius 3 is 2.90 bits per heavy atom. The number of nitrogens with zero attached hydrogens (tertiary/aromatic N) is 4. The quantitative estimate of drug-likeness (QED) is 0.856. The summed E-state index contributed by atoms with van der Waals surface area (Å²) < 4.78 is 0. The summed E-state index contributed by atoms with van der Waals surface area (Å²) in [6.45, 7) is 6.18. The molecular weight excluding hydrogens is 266 g/mol. The van der Waals surface area contributed by atoms with E-state index >= 15 is 0 Å². The lowest BCUT2D eigenvalue weighted by molar-refractivity contribution is -0.122. The van der Waals surface area contributed by atoms with Gasteiger partial charge in [0.2, 0.25) is 5.91 Å². The first kappa shape index (κ1) is 14.3. The molecule has 21 heavy (non-hydrogen) atoms. The van der Waals surface area contributed by atoms with Gasteiger partial charge in [0, 0.05) is 44.6 Å². The first-order valence-corrected chi connectivity index (χ1v) is 7.74. The van der Waals surface area contributed by atoms with Gasteiger partial charge in [-0.3, -0.25) is 14.7 Å². The molecule has 1 aliphatic carbocycles. The van der Waals surface area contributed by atoms with Crippen LogP contribution in [0.4, 0.5) is 5.82 Å². The molecule has 0 radical (unpaired) electrons.